The molecule has 3 atom stereocenters. The molecular formula is C36H38F2N3O6PS2. The van der Waals surface area contributed by atoms with Crippen molar-refractivity contribution >= 4 is 58.5 Å². The van der Waals surface area contributed by atoms with E-state index in [1.807, 2.05) is 68.1 Å². The van der Waals surface area contributed by atoms with Gasteiger partial charge in [-0.3, -0.25) is 18.9 Å². The zero-order valence-corrected chi connectivity index (χ0v) is 30.2. The molecule has 1 aromatic heterocycles. The Kier molecular flexibility index (Phi) is 10.0. The number of benzene rings is 3. The van der Waals surface area contributed by atoms with Crippen molar-refractivity contribution in [3.05, 3.63) is 106 Å². The first-order valence-electron chi connectivity index (χ1n) is 16.2. The highest BCUT2D eigenvalue weighted by atomic mass is 32.2. The van der Waals surface area contributed by atoms with Gasteiger partial charge in [0.2, 0.25) is 11.8 Å². The fourth-order valence-corrected chi connectivity index (χ4v) is 9.10. The minimum atomic E-state index is -5.78. The standard InChI is InChI=1S/C36H38F2N3O6PS2/c1-35(2,3)31(39-32(42)29-19-25-17-26(13-14-28(25)50-29)36(37,38)48(45,46)47)34(44)41-20-24-12-8-7-11-23(24)18-27(41)33(43)40-15-16-49-30(21-40)22-9-5-4-6-10-22/h4-14,17,19,27,30-31H,15-16,18,20-21H2,1-3H3,(H,39,42)(H2,45,46,47)/t27-,30?,31+/m0/s1. The maximum Gasteiger partial charge on any atom is 0.399 e. The molecule has 2 aliphatic rings. The van der Waals surface area contributed by atoms with E-state index in [2.05, 4.69) is 17.4 Å². The first-order valence-corrected chi connectivity index (χ1v) is 19.6. The monoisotopic (exact) mass is 741 g/mol. The van der Waals surface area contributed by atoms with Gasteiger partial charge in [0.05, 0.1) is 4.88 Å². The number of halogens is 2. The molecule has 0 aliphatic carbocycles. The third kappa shape index (κ3) is 7.25. The van der Waals surface area contributed by atoms with Gasteiger partial charge in [-0.1, -0.05) is 81.4 Å². The maximum absolute atomic E-state index is 14.6. The quantitative estimate of drug-likeness (QED) is 0.184. The summed E-state index contributed by atoms with van der Waals surface area (Å²) in [7, 11) is -5.78. The average Bonchev–Trinajstić information content (AvgIpc) is 3.53. The van der Waals surface area contributed by atoms with Gasteiger partial charge in [-0.2, -0.15) is 20.5 Å². The zero-order chi connectivity index (χ0) is 36.0. The van der Waals surface area contributed by atoms with Crippen molar-refractivity contribution < 1.29 is 37.5 Å². The van der Waals surface area contributed by atoms with E-state index < -0.39 is 48.1 Å². The number of rotatable bonds is 7. The molecule has 1 unspecified atom stereocenters. The molecule has 9 nitrogen and oxygen atoms in total. The molecule has 2 aliphatic heterocycles. The van der Waals surface area contributed by atoms with Crippen LogP contribution in [0, 0.1) is 5.41 Å². The molecule has 3 heterocycles. The van der Waals surface area contributed by atoms with Crippen molar-refractivity contribution in [1.82, 2.24) is 15.1 Å². The third-order valence-electron chi connectivity index (χ3n) is 9.21. The number of thiophene rings is 1. The van der Waals surface area contributed by atoms with Crippen LogP contribution in [0.25, 0.3) is 10.1 Å². The number of nitrogens with one attached hydrogen (secondary N) is 1. The largest absolute Gasteiger partial charge is 0.399 e. The summed E-state index contributed by atoms with van der Waals surface area (Å²) in [5.41, 5.74) is -2.99. The van der Waals surface area contributed by atoms with Crippen LogP contribution in [0.4, 0.5) is 8.78 Å². The molecular weight excluding hydrogens is 704 g/mol. The fourth-order valence-electron chi connectivity index (χ4n) is 6.43. The topological polar surface area (TPSA) is 127 Å². The molecule has 1 fully saturated rings. The second kappa shape index (κ2) is 13.8. The second-order valence-electron chi connectivity index (χ2n) is 13.7. The zero-order valence-electron chi connectivity index (χ0n) is 27.7. The van der Waals surface area contributed by atoms with E-state index >= 15 is 0 Å². The van der Waals surface area contributed by atoms with Crippen LogP contribution in [0.1, 0.15) is 57.9 Å². The van der Waals surface area contributed by atoms with Gasteiger partial charge in [-0.05, 0) is 45.7 Å². The molecule has 264 valence electrons. The molecule has 0 bridgehead atoms. The van der Waals surface area contributed by atoms with Crippen molar-refractivity contribution in [2.24, 2.45) is 5.41 Å². The smallest absolute Gasteiger partial charge is 0.339 e. The lowest BCUT2D eigenvalue weighted by molar-refractivity contribution is -0.149. The van der Waals surface area contributed by atoms with Gasteiger partial charge in [0.25, 0.3) is 5.91 Å². The minimum absolute atomic E-state index is 0.107. The van der Waals surface area contributed by atoms with Crippen LogP contribution in [-0.4, -0.2) is 68.2 Å². The van der Waals surface area contributed by atoms with Crippen LogP contribution in [0.5, 0.6) is 0 Å². The minimum Gasteiger partial charge on any atom is -0.339 e. The predicted molar refractivity (Wildman–Crippen MR) is 191 cm³/mol. The summed E-state index contributed by atoms with van der Waals surface area (Å²) < 4.78 is 40.7. The molecule has 3 amide bonds. The Labute approximate surface area is 297 Å². The predicted octanol–water partition coefficient (Wildman–Crippen LogP) is 6.54. The summed E-state index contributed by atoms with van der Waals surface area (Å²) in [5.74, 6) is -0.395. The van der Waals surface area contributed by atoms with Gasteiger partial charge in [0, 0.05) is 47.3 Å². The molecule has 6 rings (SSSR count). The van der Waals surface area contributed by atoms with Crippen LogP contribution in [-0.2, 0) is 32.8 Å². The van der Waals surface area contributed by atoms with Crippen molar-refractivity contribution in [1.29, 1.82) is 0 Å². The van der Waals surface area contributed by atoms with E-state index in [1.165, 1.54) is 12.1 Å². The first kappa shape index (κ1) is 36.2. The van der Waals surface area contributed by atoms with Gasteiger partial charge in [0.1, 0.15) is 12.1 Å². The fraction of sp³-hybridized carbons (Fsp3) is 0.361. The summed E-state index contributed by atoms with van der Waals surface area (Å²) >= 11 is 2.81. The maximum atomic E-state index is 14.6. The summed E-state index contributed by atoms with van der Waals surface area (Å²) in [4.78, 5) is 64.6. The summed E-state index contributed by atoms with van der Waals surface area (Å²) in [5, 5.41) is 3.18. The SMILES string of the molecule is CC(C)(C)[C@H](NC(=O)c1cc2cc(C(F)(F)P(=O)(O)O)ccc2s1)C(=O)N1Cc2ccccc2C[C@H]1C(=O)N1CCSC(c2ccccc2)C1. The Morgan fingerprint density at radius 2 is 1.64 bits per heavy atom. The first-order chi connectivity index (χ1) is 23.5. The number of carbonyl (C=O) groups excluding carboxylic acids is 3. The number of fused-ring (bicyclic) bond motifs is 2. The normalized spacial score (nSPS) is 19.2. The van der Waals surface area contributed by atoms with Crippen LogP contribution < -0.4 is 5.32 Å². The molecule has 14 heteroatoms. The summed E-state index contributed by atoms with van der Waals surface area (Å²) in [6, 6.07) is 20.5. The Morgan fingerprint density at radius 1 is 0.960 bits per heavy atom. The molecule has 50 heavy (non-hydrogen) atoms. The number of thioether (sulfide) groups is 1. The Morgan fingerprint density at radius 3 is 2.32 bits per heavy atom. The van der Waals surface area contributed by atoms with Crippen molar-refractivity contribution in [3.63, 3.8) is 0 Å². The number of hydrogen-bond acceptors (Lipinski definition) is 6. The van der Waals surface area contributed by atoms with Crippen LogP contribution >= 0.6 is 30.7 Å². The number of alkyl halides is 2. The van der Waals surface area contributed by atoms with E-state index in [4.69, 9.17) is 0 Å². The van der Waals surface area contributed by atoms with Gasteiger partial charge in [-0.15, -0.1) is 11.3 Å². The average molecular weight is 742 g/mol. The number of carbonyl (C=O) groups is 3. The van der Waals surface area contributed by atoms with E-state index in [-0.39, 0.29) is 28.0 Å². The molecule has 0 radical (unpaired) electrons. The van der Waals surface area contributed by atoms with Crippen molar-refractivity contribution in [3.8, 4) is 0 Å². The number of amides is 3. The van der Waals surface area contributed by atoms with Gasteiger partial charge < -0.3 is 24.9 Å². The lowest BCUT2D eigenvalue weighted by Crippen LogP contribution is -2.61. The molecule has 3 N–H and O–H groups in total. The second-order valence-corrected chi connectivity index (χ2v) is 17.8. The molecule has 0 spiro atoms. The Hall–Kier alpha value is -3.61. The molecule has 0 saturated carbocycles. The Bertz CT molecular complexity index is 1980. The lowest BCUT2D eigenvalue weighted by atomic mass is 9.84. The Balaban J connectivity index is 1.27. The molecule has 4 aromatic rings. The van der Waals surface area contributed by atoms with Crippen molar-refractivity contribution in [2.75, 3.05) is 18.8 Å². The van der Waals surface area contributed by atoms with E-state index in [9.17, 15) is 37.5 Å². The van der Waals surface area contributed by atoms with Crippen LogP contribution in [0.3, 0.4) is 0 Å². The van der Waals surface area contributed by atoms with E-state index in [0.717, 1.165) is 45.9 Å². The van der Waals surface area contributed by atoms with E-state index in [1.54, 1.807) is 16.7 Å². The summed E-state index contributed by atoms with van der Waals surface area (Å²) in [6.45, 7) is 6.72. The number of nitrogens with zero attached hydrogens (tertiary/aromatic N) is 2. The highest BCUT2D eigenvalue weighted by Gasteiger charge is 2.50. The lowest BCUT2D eigenvalue weighted by Gasteiger charge is -2.43. The highest BCUT2D eigenvalue weighted by Crippen LogP contribution is 2.59. The third-order valence-corrected chi connectivity index (χ3v) is 12.6. The van der Waals surface area contributed by atoms with E-state index in [0.29, 0.717) is 24.2 Å². The van der Waals surface area contributed by atoms with Crippen LogP contribution in [0.2, 0.25) is 0 Å². The molecule has 1 saturated heterocycles. The summed E-state index contributed by atoms with van der Waals surface area (Å²) in [6.07, 6.45) is 0.336. The van der Waals surface area contributed by atoms with Gasteiger partial charge >= 0.3 is 13.3 Å². The number of hydrogen-bond donors (Lipinski definition) is 3. The highest BCUT2D eigenvalue weighted by molar-refractivity contribution is 7.99. The molecule has 3 aromatic carbocycles. The van der Waals surface area contributed by atoms with Gasteiger partial charge in [0.15, 0.2) is 0 Å². The van der Waals surface area contributed by atoms with Crippen LogP contribution in [0.15, 0.2) is 78.9 Å². The van der Waals surface area contributed by atoms with Crippen molar-refractivity contribution in [2.45, 2.75) is 56.7 Å². The van der Waals surface area contributed by atoms with Gasteiger partial charge in [-0.25, -0.2) is 0 Å².